The second kappa shape index (κ2) is 14.5. The Morgan fingerprint density at radius 1 is 0.840 bits per heavy atom. The predicted octanol–water partition coefficient (Wildman–Crippen LogP) is 5.20. The molecule has 4 aromatic rings. The average Bonchev–Trinajstić information content (AvgIpc) is 3.03. The zero-order valence-corrected chi connectivity index (χ0v) is 29.7. The summed E-state index contributed by atoms with van der Waals surface area (Å²) in [6, 6.07) is 11.6. The first kappa shape index (κ1) is 38.0. The van der Waals surface area contributed by atoms with Crippen LogP contribution in [0.2, 0.25) is 0 Å². The molecule has 0 spiro atoms. The molecular formula is C30H34N6O11S3. The van der Waals surface area contributed by atoms with Gasteiger partial charge >= 0.3 is 0 Å². The number of nitrogens with zero attached hydrogens (tertiary/aromatic N) is 3. The van der Waals surface area contributed by atoms with E-state index in [1.807, 2.05) is 0 Å². The SMILES string of the molecule is CCN(CC)S(=O)(=O)c1ccc(NNc2cc(OC)c(/N=N/c3c(S(=O)(=O)O)cc4cc(S(=O)(=O)O)cc(NC(C)=O)c4c3O)cc2C)cc1. The highest BCUT2D eigenvalue weighted by atomic mass is 32.2. The van der Waals surface area contributed by atoms with Crippen LogP contribution < -0.4 is 20.9 Å². The lowest BCUT2D eigenvalue weighted by Gasteiger charge is -2.19. The van der Waals surface area contributed by atoms with Gasteiger partial charge in [-0.15, -0.1) is 10.2 Å². The zero-order chi connectivity index (χ0) is 37.2. The number of benzene rings is 4. The van der Waals surface area contributed by atoms with Crippen LogP contribution in [0.3, 0.4) is 0 Å². The third-order valence-electron chi connectivity index (χ3n) is 7.33. The van der Waals surface area contributed by atoms with Gasteiger partial charge in [-0.1, -0.05) is 13.8 Å². The van der Waals surface area contributed by atoms with Gasteiger partial charge in [0.15, 0.2) is 5.75 Å². The van der Waals surface area contributed by atoms with Crippen molar-refractivity contribution in [3.63, 3.8) is 0 Å². The van der Waals surface area contributed by atoms with Crippen LogP contribution in [0.4, 0.5) is 28.4 Å². The maximum Gasteiger partial charge on any atom is 0.296 e. The minimum absolute atomic E-state index is 0.0612. The fourth-order valence-corrected chi connectivity index (χ4v) is 7.56. The summed E-state index contributed by atoms with van der Waals surface area (Å²) in [6.07, 6.45) is 0. The van der Waals surface area contributed by atoms with Gasteiger partial charge in [-0.05, 0) is 66.4 Å². The van der Waals surface area contributed by atoms with E-state index in [-0.39, 0.29) is 32.8 Å². The molecule has 0 atom stereocenters. The van der Waals surface area contributed by atoms with Gasteiger partial charge < -0.3 is 26.0 Å². The van der Waals surface area contributed by atoms with Gasteiger partial charge in [0.25, 0.3) is 20.2 Å². The summed E-state index contributed by atoms with van der Waals surface area (Å²) in [7, 11) is -12.3. The first-order valence-electron chi connectivity index (χ1n) is 14.6. The molecule has 0 heterocycles. The van der Waals surface area contributed by atoms with Crippen LogP contribution in [0.25, 0.3) is 10.8 Å². The summed E-state index contributed by atoms with van der Waals surface area (Å²) in [5, 5.41) is 20.9. The molecule has 0 unspecified atom stereocenters. The van der Waals surface area contributed by atoms with Crippen molar-refractivity contribution >= 4 is 75.4 Å². The minimum Gasteiger partial charge on any atom is -0.505 e. The molecule has 0 radical (unpaired) electrons. The van der Waals surface area contributed by atoms with Crippen molar-refractivity contribution < 1.29 is 49.0 Å². The molecule has 17 nitrogen and oxygen atoms in total. The number of hydrogen-bond acceptors (Lipinski definition) is 13. The second-order valence-corrected chi connectivity index (χ2v) is 15.4. The van der Waals surface area contributed by atoms with Crippen LogP contribution in [0, 0.1) is 6.92 Å². The number of hydrazine groups is 1. The molecule has 0 aliphatic rings. The Bertz CT molecular complexity index is 2330. The van der Waals surface area contributed by atoms with Crippen molar-refractivity contribution in [2.45, 2.75) is 42.4 Å². The number of phenols is 1. The highest BCUT2D eigenvalue weighted by Crippen LogP contribution is 2.46. The number of carbonyl (C=O) groups excluding carboxylic acids is 1. The van der Waals surface area contributed by atoms with Crippen LogP contribution in [-0.2, 0) is 35.1 Å². The molecule has 0 saturated carbocycles. The summed E-state index contributed by atoms with van der Waals surface area (Å²) in [4.78, 5) is 10.3. The van der Waals surface area contributed by atoms with Crippen molar-refractivity contribution in [1.82, 2.24) is 4.31 Å². The van der Waals surface area contributed by atoms with Crippen molar-refractivity contribution in [3.05, 3.63) is 60.2 Å². The van der Waals surface area contributed by atoms with Gasteiger partial charge in [0, 0.05) is 31.5 Å². The summed E-state index contributed by atoms with van der Waals surface area (Å²) >= 11 is 0. The van der Waals surface area contributed by atoms with E-state index in [4.69, 9.17) is 4.74 Å². The highest BCUT2D eigenvalue weighted by Gasteiger charge is 2.26. The lowest BCUT2D eigenvalue weighted by Crippen LogP contribution is -2.30. The van der Waals surface area contributed by atoms with Crippen LogP contribution >= 0.6 is 0 Å². The maximum absolute atomic E-state index is 12.8. The molecule has 0 saturated heterocycles. The van der Waals surface area contributed by atoms with Gasteiger partial charge in [-0.2, -0.15) is 21.1 Å². The number of rotatable bonds is 13. The van der Waals surface area contributed by atoms with Gasteiger partial charge in [-0.3, -0.25) is 13.9 Å². The fraction of sp³-hybridized carbons (Fsp3) is 0.233. The van der Waals surface area contributed by atoms with Crippen LogP contribution in [-0.4, -0.2) is 69.9 Å². The van der Waals surface area contributed by atoms with E-state index >= 15 is 0 Å². The highest BCUT2D eigenvalue weighted by molar-refractivity contribution is 7.89. The number of hydrogen-bond donors (Lipinski definition) is 6. The summed E-state index contributed by atoms with van der Waals surface area (Å²) in [6.45, 7) is 6.97. The Labute approximate surface area is 288 Å². The Morgan fingerprint density at radius 2 is 1.48 bits per heavy atom. The molecule has 6 N–H and O–H groups in total. The average molecular weight is 751 g/mol. The number of aromatic hydroxyl groups is 1. The number of phenolic OH excluding ortho intramolecular Hbond substituents is 1. The molecule has 0 fully saturated rings. The number of amides is 1. The zero-order valence-electron chi connectivity index (χ0n) is 27.3. The molecule has 50 heavy (non-hydrogen) atoms. The number of fused-ring (bicyclic) bond motifs is 1. The van der Waals surface area contributed by atoms with Crippen LogP contribution in [0.5, 0.6) is 11.5 Å². The van der Waals surface area contributed by atoms with E-state index < -0.39 is 57.4 Å². The molecule has 0 aliphatic carbocycles. The number of ether oxygens (including phenoxy) is 1. The number of azo groups is 1. The van der Waals surface area contributed by atoms with E-state index in [0.29, 0.717) is 30.0 Å². The van der Waals surface area contributed by atoms with Crippen LogP contribution in [0.15, 0.2) is 79.5 Å². The molecule has 4 rings (SSSR count). The van der Waals surface area contributed by atoms with E-state index in [0.717, 1.165) is 25.1 Å². The molecule has 0 aliphatic heterocycles. The predicted molar refractivity (Wildman–Crippen MR) is 185 cm³/mol. The second-order valence-electron chi connectivity index (χ2n) is 10.7. The lowest BCUT2D eigenvalue weighted by atomic mass is 10.1. The van der Waals surface area contributed by atoms with Crippen molar-refractivity contribution in [1.29, 1.82) is 0 Å². The van der Waals surface area contributed by atoms with Crippen LogP contribution in [0.1, 0.15) is 26.3 Å². The minimum atomic E-state index is -5.12. The number of anilines is 3. The number of carbonyl (C=O) groups is 1. The van der Waals surface area contributed by atoms with Gasteiger partial charge in [-0.25, -0.2) is 8.42 Å². The quantitative estimate of drug-likeness (QED) is 0.0585. The van der Waals surface area contributed by atoms with Crippen molar-refractivity contribution in [2.24, 2.45) is 10.2 Å². The number of nitrogens with one attached hydrogen (secondary N) is 3. The molecular weight excluding hydrogens is 717 g/mol. The van der Waals surface area contributed by atoms with Gasteiger partial charge in [0.2, 0.25) is 15.9 Å². The molecule has 0 bridgehead atoms. The number of methoxy groups -OCH3 is 1. The Hall–Kier alpha value is -4.86. The summed E-state index contributed by atoms with van der Waals surface area (Å²) in [5.74, 6) is -1.45. The first-order chi connectivity index (χ1) is 23.3. The van der Waals surface area contributed by atoms with Crippen molar-refractivity contribution in [3.8, 4) is 11.5 Å². The standard InChI is InChI=1S/C30H34N6O11S3/c1-6-36(7-2)48(39,40)21-10-8-20(9-11-21)32-33-23-16-26(47-5)24(12-17(23)3)34-35-29-27(50(44,45)46)14-19-13-22(49(41,42)43)15-25(31-18(4)37)28(19)30(29)38/h8-16,32-33,38H,6-7H2,1-5H3,(H,31,37)(H,41,42,43)(H,44,45,46)/b35-34+. The third kappa shape index (κ3) is 8.12. The Balaban J connectivity index is 1.72. The monoisotopic (exact) mass is 750 g/mol. The first-order valence-corrected chi connectivity index (χ1v) is 18.9. The lowest BCUT2D eigenvalue weighted by molar-refractivity contribution is -0.114. The topological polar surface area (TPSA) is 253 Å². The summed E-state index contributed by atoms with van der Waals surface area (Å²) in [5.41, 5.74) is 6.59. The fourth-order valence-electron chi connectivity index (χ4n) is 4.91. The van der Waals surface area contributed by atoms with E-state index in [1.165, 1.54) is 35.7 Å². The number of sulfonamides is 1. The molecule has 1 amide bonds. The van der Waals surface area contributed by atoms with E-state index in [9.17, 15) is 44.3 Å². The number of aryl methyl sites for hydroxylation is 1. The third-order valence-corrected chi connectivity index (χ3v) is 11.1. The Morgan fingerprint density at radius 3 is 2.02 bits per heavy atom. The smallest absolute Gasteiger partial charge is 0.296 e. The van der Waals surface area contributed by atoms with E-state index in [2.05, 4.69) is 26.4 Å². The van der Waals surface area contributed by atoms with Crippen molar-refractivity contribution in [2.75, 3.05) is 36.4 Å². The normalized spacial score (nSPS) is 12.4. The van der Waals surface area contributed by atoms with E-state index in [1.54, 1.807) is 32.9 Å². The summed E-state index contributed by atoms with van der Waals surface area (Å²) < 4.78 is 100. The van der Waals surface area contributed by atoms with Gasteiger partial charge in [0.05, 0.1) is 34.0 Å². The molecule has 20 heteroatoms. The maximum atomic E-state index is 12.8. The Kier molecular flexibility index (Phi) is 11.0. The molecule has 268 valence electrons. The van der Waals surface area contributed by atoms with Gasteiger partial charge in [0.1, 0.15) is 22.0 Å². The molecule has 4 aromatic carbocycles. The molecule has 0 aromatic heterocycles. The largest absolute Gasteiger partial charge is 0.505 e.